The first kappa shape index (κ1) is 22.6. The first-order chi connectivity index (χ1) is 12.4. The number of imide groups is 1. The number of sulfonamides is 1. The van der Waals surface area contributed by atoms with Crippen LogP contribution in [0.3, 0.4) is 0 Å². The number of benzene rings is 1. The number of amides is 3. The highest BCUT2D eigenvalue weighted by molar-refractivity contribution is 7.89. The highest BCUT2D eigenvalue weighted by Crippen LogP contribution is 2.09. The molecule has 0 saturated heterocycles. The summed E-state index contributed by atoms with van der Waals surface area (Å²) in [5.74, 6) is -1.56. The number of rotatable bonds is 7. The standard InChI is InChI=1S/C17H25N3O6S/c1-12-5-7-13(8-6-12)27(24,25)18-10-9-15(22)26-11-14(21)19-16(23)20-17(2,3)4/h5-8,18H,9-11H2,1-4H3,(H2,19,20,21,23). The maximum Gasteiger partial charge on any atom is 0.321 e. The van der Waals surface area contributed by atoms with Crippen LogP contribution in [0.1, 0.15) is 32.8 Å². The molecule has 1 rings (SSSR count). The molecule has 0 aromatic heterocycles. The molecule has 0 aliphatic heterocycles. The van der Waals surface area contributed by atoms with E-state index in [0.717, 1.165) is 5.56 Å². The largest absolute Gasteiger partial charge is 0.456 e. The molecule has 1 aromatic carbocycles. The van der Waals surface area contributed by atoms with Gasteiger partial charge in [-0.2, -0.15) is 0 Å². The molecule has 0 saturated carbocycles. The summed E-state index contributed by atoms with van der Waals surface area (Å²) in [5.41, 5.74) is 0.405. The van der Waals surface area contributed by atoms with Gasteiger partial charge in [0.1, 0.15) is 0 Å². The summed E-state index contributed by atoms with van der Waals surface area (Å²) in [4.78, 5) is 34.7. The Bertz CT molecular complexity index is 782. The fourth-order valence-electron chi connectivity index (χ4n) is 1.84. The molecule has 0 fully saturated rings. The maximum absolute atomic E-state index is 12.1. The SMILES string of the molecule is Cc1ccc(S(=O)(=O)NCCC(=O)OCC(=O)NC(=O)NC(C)(C)C)cc1. The summed E-state index contributed by atoms with van der Waals surface area (Å²) in [6, 6.07) is 5.55. The second-order valence-electron chi connectivity index (χ2n) is 6.87. The second kappa shape index (κ2) is 9.47. The highest BCUT2D eigenvalue weighted by Gasteiger charge is 2.17. The van der Waals surface area contributed by atoms with Crippen molar-refractivity contribution in [3.63, 3.8) is 0 Å². The minimum absolute atomic E-state index is 0.0886. The van der Waals surface area contributed by atoms with Crippen LogP contribution in [0.5, 0.6) is 0 Å². The van der Waals surface area contributed by atoms with Gasteiger partial charge in [-0.15, -0.1) is 0 Å². The van der Waals surface area contributed by atoms with Crippen molar-refractivity contribution < 1.29 is 27.5 Å². The van der Waals surface area contributed by atoms with Gasteiger partial charge in [-0.05, 0) is 39.8 Å². The van der Waals surface area contributed by atoms with E-state index in [9.17, 15) is 22.8 Å². The molecule has 0 unspecified atom stereocenters. The van der Waals surface area contributed by atoms with Gasteiger partial charge in [0.15, 0.2) is 6.61 Å². The number of hydrogen-bond acceptors (Lipinski definition) is 6. The molecule has 150 valence electrons. The van der Waals surface area contributed by atoms with Crippen molar-refractivity contribution in [2.45, 2.75) is 44.6 Å². The molecular formula is C17H25N3O6S. The zero-order valence-corrected chi connectivity index (χ0v) is 16.6. The van der Waals surface area contributed by atoms with Crippen molar-refractivity contribution >= 4 is 27.9 Å². The number of carbonyl (C=O) groups excluding carboxylic acids is 3. The summed E-state index contributed by atoms with van der Waals surface area (Å²) < 4.78 is 31.1. The molecule has 0 aliphatic carbocycles. The smallest absolute Gasteiger partial charge is 0.321 e. The zero-order chi connectivity index (χ0) is 20.7. The molecule has 9 nitrogen and oxygen atoms in total. The van der Waals surface area contributed by atoms with Gasteiger partial charge in [-0.1, -0.05) is 17.7 Å². The molecule has 1 aromatic rings. The lowest BCUT2D eigenvalue weighted by Gasteiger charge is -2.20. The Hall–Kier alpha value is -2.46. The van der Waals surface area contributed by atoms with E-state index in [1.165, 1.54) is 12.1 Å². The van der Waals surface area contributed by atoms with E-state index in [-0.39, 0.29) is 17.9 Å². The van der Waals surface area contributed by atoms with Crippen LogP contribution in [0.4, 0.5) is 4.79 Å². The van der Waals surface area contributed by atoms with E-state index >= 15 is 0 Å². The van der Waals surface area contributed by atoms with Crippen molar-refractivity contribution in [1.82, 2.24) is 15.4 Å². The zero-order valence-electron chi connectivity index (χ0n) is 15.8. The molecule has 0 spiro atoms. The first-order valence-corrected chi connectivity index (χ1v) is 9.71. The van der Waals surface area contributed by atoms with Gasteiger partial charge in [-0.25, -0.2) is 17.9 Å². The summed E-state index contributed by atoms with van der Waals surface area (Å²) in [6.07, 6.45) is -0.257. The molecule has 0 bridgehead atoms. The fraction of sp³-hybridized carbons (Fsp3) is 0.471. The third kappa shape index (κ3) is 9.15. The van der Waals surface area contributed by atoms with Crippen LogP contribution in [-0.4, -0.2) is 45.0 Å². The Morgan fingerprint density at radius 2 is 1.67 bits per heavy atom. The lowest BCUT2D eigenvalue weighted by molar-refractivity contribution is -0.148. The fourth-order valence-corrected chi connectivity index (χ4v) is 2.87. The van der Waals surface area contributed by atoms with Gasteiger partial charge >= 0.3 is 12.0 Å². The monoisotopic (exact) mass is 399 g/mol. The molecule has 3 amide bonds. The highest BCUT2D eigenvalue weighted by atomic mass is 32.2. The van der Waals surface area contributed by atoms with Crippen molar-refractivity contribution in [3.8, 4) is 0 Å². The van der Waals surface area contributed by atoms with Crippen molar-refractivity contribution in [2.24, 2.45) is 0 Å². The Morgan fingerprint density at radius 3 is 2.22 bits per heavy atom. The number of nitrogens with one attached hydrogen (secondary N) is 3. The first-order valence-electron chi connectivity index (χ1n) is 8.23. The van der Waals surface area contributed by atoms with E-state index in [0.29, 0.717) is 0 Å². The van der Waals surface area contributed by atoms with Crippen LogP contribution < -0.4 is 15.4 Å². The van der Waals surface area contributed by atoms with Crippen molar-refractivity contribution in [1.29, 1.82) is 0 Å². The predicted molar refractivity (Wildman–Crippen MR) is 98.4 cm³/mol. The second-order valence-corrected chi connectivity index (χ2v) is 8.64. The molecule has 3 N–H and O–H groups in total. The van der Waals surface area contributed by atoms with Crippen LogP contribution in [-0.2, 0) is 24.3 Å². The van der Waals surface area contributed by atoms with Gasteiger partial charge in [0.05, 0.1) is 11.3 Å². The van der Waals surface area contributed by atoms with E-state index in [2.05, 4.69) is 10.0 Å². The Kier molecular flexibility index (Phi) is 7.92. The minimum atomic E-state index is -3.73. The van der Waals surface area contributed by atoms with Gasteiger partial charge in [0.25, 0.3) is 5.91 Å². The number of esters is 1. The summed E-state index contributed by atoms with van der Waals surface area (Å²) in [6.45, 7) is 6.25. The number of carbonyl (C=O) groups is 3. The predicted octanol–water partition coefficient (Wildman–Crippen LogP) is 0.831. The summed E-state index contributed by atoms with van der Waals surface area (Å²) in [5, 5.41) is 4.54. The molecule has 0 atom stereocenters. The molecule has 10 heteroatoms. The average Bonchev–Trinajstić information content (AvgIpc) is 2.51. The minimum Gasteiger partial charge on any atom is -0.456 e. The topological polar surface area (TPSA) is 131 Å². The molecular weight excluding hydrogens is 374 g/mol. The third-order valence-corrected chi connectivity index (χ3v) is 4.54. The average molecular weight is 399 g/mol. The number of urea groups is 1. The molecule has 0 heterocycles. The van der Waals surface area contributed by atoms with Crippen LogP contribution in [0.2, 0.25) is 0 Å². The molecule has 0 radical (unpaired) electrons. The van der Waals surface area contributed by atoms with Crippen LogP contribution in [0.25, 0.3) is 0 Å². The van der Waals surface area contributed by atoms with Crippen molar-refractivity contribution in [3.05, 3.63) is 29.8 Å². The number of hydrogen-bond donors (Lipinski definition) is 3. The van der Waals surface area contributed by atoms with E-state index in [1.54, 1.807) is 32.9 Å². The van der Waals surface area contributed by atoms with Gasteiger partial charge < -0.3 is 10.1 Å². The Labute approximate surface area is 158 Å². The summed E-state index contributed by atoms with van der Waals surface area (Å²) >= 11 is 0. The number of ether oxygens (including phenoxy) is 1. The molecule has 0 aliphatic rings. The lowest BCUT2D eigenvalue weighted by atomic mass is 10.1. The van der Waals surface area contributed by atoms with E-state index < -0.39 is 40.1 Å². The Morgan fingerprint density at radius 1 is 1.07 bits per heavy atom. The number of aryl methyl sites for hydroxylation is 1. The van der Waals surface area contributed by atoms with Crippen LogP contribution in [0.15, 0.2) is 29.2 Å². The van der Waals surface area contributed by atoms with Gasteiger partial charge in [-0.3, -0.25) is 14.9 Å². The maximum atomic E-state index is 12.1. The van der Waals surface area contributed by atoms with Gasteiger partial charge in [0, 0.05) is 12.1 Å². The van der Waals surface area contributed by atoms with Gasteiger partial charge in [0.2, 0.25) is 10.0 Å². The normalized spacial score (nSPS) is 11.6. The van der Waals surface area contributed by atoms with Crippen LogP contribution >= 0.6 is 0 Å². The molecule has 27 heavy (non-hydrogen) atoms. The van der Waals surface area contributed by atoms with Crippen LogP contribution in [0, 0.1) is 6.92 Å². The van der Waals surface area contributed by atoms with E-state index in [4.69, 9.17) is 4.74 Å². The summed E-state index contributed by atoms with van der Waals surface area (Å²) in [7, 11) is -3.73. The third-order valence-electron chi connectivity index (χ3n) is 3.06. The quantitative estimate of drug-likeness (QED) is 0.582. The lowest BCUT2D eigenvalue weighted by Crippen LogP contribution is -2.49. The van der Waals surface area contributed by atoms with Crippen molar-refractivity contribution in [2.75, 3.05) is 13.2 Å². The Balaban J connectivity index is 2.34. The van der Waals surface area contributed by atoms with E-state index in [1.807, 2.05) is 12.2 Å².